The van der Waals surface area contributed by atoms with Crippen LogP contribution in [0.25, 0.3) is 11.2 Å². The van der Waals surface area contributed by atoms with Gasteiger partial charge in [0.2, 0.25) is 12.6 Å². The number of hydrogen-bond acceptors (Lipinski definition) is 7. The average Bonchev–Trinajstić information content (AvgIpc) is 3.36. The van der Waals surface area contributed by atoms with Crippen molar-refractivity contribution in [3.05, 3.63) is 69.8 Å². The van der Waals surface area contributed by atoms with Gasteiger partial charge < -0.3 is 19.8 Å². The Bertz CT molecular complexity index is 1330. The molecular weight excluding hydrogens is 388 g/mol. The summed E-state index contributed by atoms with van der Waals surface area (Å²) in [4.78, 5) is 31.8. The predicted molar refractivity (Wildman–Crippen MR) is 107 cm³/mol. The lowest BCUT2D eigenvalue weighted by molar-refractivity contribution is 0.101. The van der Waals surface area contributed by atoms with Gasteiger partial charge in [-0.15, -0.1) is 5.10 Å². The van der Waals surface area contributed by atoms with Crippen LogP contribution in [0.3, 0.4) is 0 Å². The van der Waals surface area contributed by atoms with Gasteiger partial charge in [0, 0.05) is 11.8 Å². The third-order valence-corrected chi connectivity index (χ3v) is 4.67. The van der Waals surface area contributed by atoms with Crippen LogP contribution in [0.4, 0.5) is 5.69 Å². The first kappa shape index (κ1) is 17.9. The van der Waals surface area contributed by atoms with Crippen LogP contribution in [-0.4, -0.2) is 37.7 Å². The highest BCUT2D eigenvalue weighted by Gasteiger charge is 2.18. The van der Waals surface area contributed by atoms with Crippen LogP contribution >= 0.6 is 0 Å². The van der Waals surface area contributed by atoms with Gasteiger partial charge in [-0.3, -0.25) is 9.59 Å². The minimum atomic E-state index is -0.573. The maximum atomic E-state index is 12.7. The molecule has 5 rings (SSSR count). The third kappa shape index (κ3) is 3.24. The highest BCUT2D eigenvalue weighted by molar-refractivity contribution is 6.02. The fraction of sp³-hybridized carbons (Fsp3) is 0.150. The van der Waals surface area contributed by atoms with Crippen molar-refractivity contribution < 1.29 is 14.3 Å². The molecule has 1 amide bonds. The number of rotatable bonds is 4. The molecule has 0 bridgehead atoms. The second-order valence-corrected chi connectivity index (χ2v) is 6.84. The SMILES string of the molecule is Cc1ccc(Cn2nnc3c(=O)[nH]c(C(=O)Nc4ccc5c(c4)OCO5)nc32)cc1. The molecule has 10 nitrogen and oxygen atoms in total. The molecule has 1 aliphatic heterocycles. The molecule has 0 spiro atoms. The van der Waals surface area contributed by atoms with E-state index in [0.717, 1.165) is 11.1 Å². The molecule has 0 aliphatic carbocycles. The molecular formula is C20H16N6O4. The largest absolute Gasteiger partial charge is 0.454 e. The van der Waals surface area contributed by atoms with E-state index in [-0.39, 0.29) is 23.8 Å². The van der Waals surface area contributed by atoms with E-state index in [1.54, 1.807) is 18.2 Å². The lowest BCUT2D eigenvalue weighted by Crippen LogP contribution is -2.21. The number of anilines is 1. The van der Waals surface area contributed by atoms with Crippen LogP contribution in [0.5, 0.6) is 11.5 Å². The predicted octanol–water partition coefficient (Wildman–Crippen LogP) is 1.85. The summed E-state index contributed by atoms with van der Waals surface area (Å²) in [5.74, 6) is 0.422. The second-order valence-electron chi connectivity index (χ2n) is 6.84. The highest BCUT2D eigenvalue weighted by Crippen LogP contribution is 2.34. The number of amides is 1. The molecule has 2 aromatic heterocycles. The van der Waals surface area contributed by atoms with Gasteiger partial charge in [-0.05, 0) is 24.6 Å². The molecule has 1 aliphatic rings. The smallest absolute Gasteiger partial charge is 0.291 e. The van der Waals surface area contributed by atoms with Gasteiger partial charge >= 0.3 is 0 Å². The van der Waals surface area contributed by atoms with Gasteiger partial charge in [-0.25, -0.2) is 9.67 Å². The zero-order valence-corrected chi connectivity index (χ0v) is 15.9. The number of ether oxygens (including phenoxy) is 2. The summed E-state index contributed by atoms with van der Waals surface area (Å²) in [7, 11) is 0. The normalized spacial score (nSPS) is 12.3. The summed E-state index contributed by atoms with van der Waals surface area (Å²) in [6.45, 7) is 2.51. The Kier molecular flexibility index (Phi) is 4.16. The maximum absolute atomic E-state index is 12.7. The summed E-state index contributed by atoms with van der Waals surface area (Å²) < 4.78 is 12.1. The number of nitrogens with one attached hydrogen (secondary N) is 2. The number of carbonyl (C=O) groups is 1. The van der Waals surface area contributed by atoms with Crippen LogP contribution in [0.15, 0.2) is 47.3 Å². The number of aromatic amines is 1. The number of fused-ring (bicyclic) bond motifs is 2. The number of hydrogen-bond donors (Lipinski definition) is 2. The Labute approximate surface area is 169 Å². The van der Waals surface area contributed by atoms with Crippen molar-refractivity contribution in [3.63, 3.8) is 0 Å². The zero-order chi connectivity index (χ0) is 20.7. The molecule has 0 radical (unpaired) electrons. The van der Waals surface area contributed by atoms with Gasteiger partial charge in [0.05, 0.1) is 6.54 Å². The number of benzene rings is 2. The third-order valence-electron chi connectivity index (χ3n) is 4.67. The molecule has 3 heterocycles. The molecule has 0 saturated carbocycles. The minimum Gasteiger partial charge on any atom is -0.454 e. The number of aryl methyl sites for hydroxylation is 1. The fourth-order valence-electron chi connectivity index (χ4n) is 3.11. The van der Waals surface area contributed by atoms with Crippen molar-refractivity contribution in [1.29, 1.82) is 0 Å². The molecule has 2 aromatic carbocycles. The van der Waals surface area contributed by atoms with Crippen LogP contribution in [0.2, 0.25) is 0 Å². The van der Waals surface area contributed by atoms with Gasteiger partial charge in [-0.1, -0.05) is 35.0 Å². The topological polar surface area (TPSA) is 124 Å². The van der Waals surface area contributed by atoms with E-state index in [2.05, 4.69) is 25.6 Å². The van der Waals surface area contributed by atoms with Crippen LogP contribution in [0, 0.1) is 6.92 Å². The quantitative estimate of drug-likeness (QED) is 0.532. The summed E-state index contributed by atoms with van der Waals surface area (Å²) >= 11 is 0. The highest BCUT2D eigenvalue weighted by atomic mass is 16.7. The molecule has 0 saturated heterocycles. The van der Waals surface area contributed by atoms with E-state index in [0.29, 0.717) is 23.7 Å². The molecule has 4 aromatic rings. The van der Waals surface area contributed by atoms with E-state index in [1.807, 2.05) is 31.2 Å². The van der Waals surface area contributed by atoms with Crippen LogP contribution in [0.1, 0.15) is 21.7 Å². The summed E-state index contributed by atoms with van der Waals surface area (Å²) in [6.07, 6.45) is 0. The number of carbonyl (C=O) groups excluding carboxylic acids is 1. The van der Waals surface area contributed by atoms with Gasteiger partial charge in [-0.2, -0.15) is 0 Å². The molecule has 0 fully saturated rings. The van der Waals surface area contributed by atoms with Crippen molar-refractivity contribution >= 4 is 22.8 Å². The van der Waals surface area contributed by atoms with Crippen molar-refractivity contribution in [2.75, 3.05) is 12.1 Å². The molecule has 2 N–H and O–H groups in total. The Morgan fingerprint density at radius 1 is 1.17 bits per heavy atom. The molecule has 10 heteroatoms. The second kappa shape index (κ2) is 6.99. The van der Waals surface area contributed by atoms with E-state index in [4.69, 9.17) is 9.47 Å². The first-order valence-corrected chi connectivity index (χ1v) is 9.17. The van der Waals surface area contributed by atoms with E-state index >= 15 is 0 Å². The van der Waals surface area contributed by atoms with Crippen molar-refractivity contribution in [1.82, 2.24) is 25.0 Å². The first-order chi connectivity index (χ1) is 14.6. The van der Waals surface area contributed by atoms with Crippen LogP contribution in [-0.2, 0) is 6.54 Å². The van der Waals surface area contributed by atoms with Crippen molar-refractivity contribution in [2.45, 2.75) is 13.5 Å². The Morgan fingerprint density at radius 3 is 2.80 bits per heavy atom. The average molecular weight is 404 g/mol. The molecule has 30 heavy (non-hydrogen) atoms. The van der Waals surface area contributed by atoms with Crippen molar-refractivity contribution in [3.8, 4) is 11.5 Å². The van der Waals surface area contributed by atoms with E-state index < -0.39 is 11.5 Å². The Balaban J connectivity index is 1.45. The fourth-order valence-corrected chi connectivity index (χ4v) is 3.11. The van der Waals surface area contributed by atoms with Gasteiger partial charge in [0.25, 0.3) is 11.5 Å². The summed E-state index contributed by atoms with van der Waals surface area (Å²) in [6, 6.07) is 12.9. The van der Waals surface area contributed by atoms with E-state index in [1.165, 1.54) is 4.68 Å². The summed E-state index contributed by atoms with van der Waals surface area (Å²) in [5.41, 5.74) is 2.36. The molecule has 0 atom stereocenters. The summed E-state index contributed by atoms with van der Waals surface area (Å²) in [5, 5.41) is 10.6. The Morgan fingerprint density at radius 2 is 1.97 bits per heavy atom. The van der Waals surface area contributed by atoms with Gasteiger partial charge in [0.1, 0.15) is 0 Å². The number of H-pyrrole nitrogens is 1. The monoisotopic (exact) mass is 404 g/mol. The molecule has 0 unspecified atom stereocenters. The zero-order valence-electron chi connectivity index (χ0n) is 15.9. The van der Waals surface area contributed by atoms with Crippen molar-refractivity contribution in [2.24, 2.45) is 0 Å². The standard InChI is InChI=1S/C20H16N6O4/c1-11-2-4-12(5-3-11)9-26-18-16(24-25-26)19(27)23-17(22-18)20(28)21-13-6-7-14-15(8-13)30-10-29-14/h2-8H,9-10H2,1H3,(H,21,28)(H,22,23,27). The molecule has 150 valence electrons. The van der Waals surface area contributed by atoms with E-state index in [9.17, 15) is 9.59 Å². The minimum absolute atomic E-state index is 0.0711. The first-order valence-electron chi connectivity index (χ1n) is 9.17. The number of aromatic nitrogens is 5. The van der Waals surface area contributed by atoms with Crippen LogP contribution < -0.4 is 20.3 Å². The Hall–Kier alpha value is -4.21. The lowest BCUT2D eigenvalue weighted by Gasteiger charge is -2.06. The van der Waals surface area contributed by atoms with Gasteiger partial charge in [0.15, 0.2) is 22.7 Å². The number of nitrogens with zero attached hydrogens (tertiary/aromatic N) is 4. The maximum Gasteiger partial charge on any atom is 0.291 e. The lowest BCUT2D eigenvalue weighted by atomic mass is 10.1.